The summed E-state index contributed by atoms with van der Waals surface area (Å²) in [6.07, 6.45) is 5.39. The molecule has 3 heterocycles. The van der Waals surface area contributed by atoms with E-state index in [9.17, 15) is 0 Å². The third-order valence-corrected chi connectivity index (χ3v) is 6.42. The van der Waals surface area contributed by atoms with Gasteiger partial charge >= 0.3 is 6.92 Å². The van der Waals surface area contributed by atoms with Gasteiger partial charge in [-0.3, -0.25) is 0 Å². The zero-order valence-corrected chi connectivity index (χ0v) is 20.0. The molecule has 3 aromatic carbocycles. The van der Waals surface area contributed by atoms with Crippen molar-refractivity contribution in [1.29, 1.82) is 0 Å². The van der Waals surface area contributed by atoms with Crippen LogP contribution in [0.25, 0.3) is 5.82 Å². The van der Waals surface area contributed by atoms with Crippen molar-refractivity contribution in [3.05, 3.63) is 114 Å². The number of pyridine rings is 1. The molecule has 6 heteroatoms. The minimum atomic E-state index is -0.292. The molecule has 170 valence electrons. The van der Waals surface area contributed by atoms with Crippen LogP contribution in [0.2, 0.25) is 0 Å². The van der Waals surface area contributed by atoms with Crippen LogP contribution in [0, 0.1) is 20.8 Å². The van der Waals surface area contributed by atoms with Crippen LogP contribution in [0.1, 0.15) is 16.7 Å². The molecule has 0 radical (unpaired) electrons. The highest BCUT2D eigenvalue weighted by atomic mass is 16.4. The van der Waals surface area contributed by atoms with Gasteiger partial charge in [-0.15, -0.1) is 0 Å². The number of hydrogen-bond acceptors (Lipinski definition) is 4. The Bertz CT molecular complexity index is 1460. The summed E-state index contributed by atoms with van der Waals surface area (Å²) >= 11 is 0. The molecule has 0 amide bonds. The Morgan fingerprint density at radius 2 is 1.37 bits per heavy atom. The number of aromatic nitrogens is 3. The average molecular weight is 456 g/mol. The molecule has 0 saturated heterocycles. The Labute approximate surface area is 205 Å². The van der Waals surface area contributed by atoms with E-state index < -0.39 is 0 Å². The van der Waals surface area contributed by atoms with Crippen LogP contribution in [-0.4, -0.2) is 21.7 Å². The fourth-order valence-corrected chi connectivity index (χ4v) is 4.74. The summed E-state index contributed by atoms with van der Waals surface area (Å²) in [7, 11) is 0. The predicted molar refractivity (Wildman–Crippen MR) is 142 cm³/mol. The summed E-state index contributed by atoms with van der Waals surface area (Å²) in [5.74, 6) is 1.35. The van der Waals surface area contributed by atoms with Gasteiger partial charge in [-0.1, -0.05) is 53.1 Å². The average Bonchev–Trinajstić information content (AvgIpc) is 3.40. The lowest BCUT2D eigenvalue weighted by Crippen LogP contribution is -2.54. The van der Waals surface area contributed by atoms with Crippen LogP contribution in [0.3, 0.4) is 0 Å². The number of fused-ring (bicyclic) bond motifs is 2. The minimum Gasteiger partial charge on any atom is -0.549 e. The van der Waals surface area contributed by atoms with Crippen molar-refractivity contribution in [2.75, 3.05) is 4.90 Å². The van der Waals surface area contributed by atoms with E-state index in [-0.39, 0.29) is 6.92 Å². The van der Waals surface area contributed by atoms with Gasteiger partial charge in [0.05, 0.1) is 0 Å². The molecule has 2 aromatic heterocycles. The van der Waals surface area contributed by atoms with Gasteiger partial charge in [0.2, 0.25) is 0 Å². The number of benzene rings is 3. The summed E-state index contributed by atoms with van der Waals surface area (Å²) < 4.78 is 8.57. The van der Waals surface area contributed by atoms with E-state index in [1.165, 1.54) is 16.7 Å². The number of aryl methyl sites for hydroxylation is 3. The van der Waals surface area contributed by atoms with Crippen molar-refractivity contribution < 1.29 is 4.65 Å². The molecular weight excluding hydrogens is 431 g/mol. The summed E-state index contributed by atoms with van der Waals surface area (Å²) in [5, 5.41) is 4.38. The van der Waals surface area contributed by atoms with Gasteiger partial charge in [0.1, 0.15) is 5.75 Å². The molecule has 1 aliphatic heterocycles. The molecule has 5 aromatic rings. The van der Waals surface area contributed by atoms with Crippen molar-refractivity contribution in [3.63, 3.8) is 0 Å². The van der Waals surface area contributed by atoms with E-state index in [1.54, 1.807) is 17.1 Å². The first-order valence-electron chi connectivity index (χ1n) is 11.8. The van der Waals surface area contributed by atoms with Crippen LogP contribution in [0.4, 0.5) is 17.1 Å². The van der Waals surface area contributed by atoms with Crippen LogP contribution < -0.4 is 20.5 Å². The zero-order chi connectivity index (χ0) is 23.9. The van der Waals surface area contributed by atoms with Crippen molar-refractivity contribution in [2.45, 2.75) is 20.8 Å². The third kappa shape index (κ3) is 3.77. The summed E-state index contributed by atoms with van der Waals surface area (Å²) in [6, 6.07) is 27.6. The highest BCUT2D eigenvalue weighted by Crippen LogP contribution is 2.37. The molecule has 0 bridgehead atoms. The van der Waals surface area contributed by atoms with Crippen molar-refractivity contribution in [2.24, 2.45) is 0 Å². The second-order valence-corrected chi connectivity index (χ2v) is 9.07. The maximum Gasteiger partial charge on any atom is 0.430 e. The molecule has 0 fully saturated rings. The molecule has 0 aliphatic carbocycles. The van der Waals surface area contributed by atoms with Crippen LogP contribution >= 0.6 is 0 Å². The van der Waals surface area contributed by atoms with Gasteiger partial charge in [-0.2, -0.15) is 5.10 Å². The van der Waals surface area contributed by atoms with E-state index in [4.69, 9.17) is 4.65 Å². The molecule has 35 heavy (non-hydrogen) atoms. The Balaban J connectivity index is 1.55. The van der Waals surface area contributed by atoms with E-state index in [1.807, 2.05) is 24.4 Å². The first kappa shape index (κ1) is 21.2. The highest BCUT2D eigenvalue weighted by Gasteiger charge is 2.38. The van der Waals surface area contributed by atoms with E-state index in [2.05, 4.69) is 96.4 Å². The molecule has 0 unspecified atom stereocenters. The number of nitrogens with zero attached hydrogens (tertiary/aromatic N) is 4. The lowest BCUT2D eigenvalue weighted by molar-refractivity contribution is 0.577. The topological polar surface area (TPSA) is 43.2 Å². The maximum atomic E-state index is 6.83. The first-order chi connectivity index (χ1) is 17.1. The minimum absolute atomic E-state index is 0.292. The maximum absolute atomic E-state index is 6.83. The SMILES string of the molecule is Cc1ccc(N2c3ccc(C)cc3B(Oc3cccnc3-n3cccn3)c3cc(C)ccc32)cc1. The molecule has 6 rings (SSSR count). The molecule has 5 nitrogen and oxygen atoms in total. The number of hydrogen-bond donors (Lipinski definition) is 0. The molecule has 0 saturated carbocycles. The lowest BCUT2D eigenvalue weighted by atomic mass is 9.52. The van der Waals surface area contributed by atoms with Gasteiger partial charge in [0, 0.05) is 35.7 Å². The third-order valence-electron chi connectivity index (χ3n) is 6.42. The number of rotatable bonds is 4. The second-order valence-electron chi connectivity index (χ2n) is 9.07. The van der Waals surface area contributed by atoms with E-state index in [0.29, 0.717) is 11.6 Å². The summed E-state index contributed by atoms with van der Waals surface area (Å²) in [6.45, 7) is 6.07. The molecule has 0 atom stereocenters. The normalized spacial score (nSPS) is 12.3. The van der Waals surface area contributed by atoms with E-state index >= 15 is 0 Å². The molecule has 0 spiro atoms. The van der Waals surface area contributed by atoms with Crippen molar-refractivity contribution >= 4 is 34.9 Å². The van der Waals surface area contributed by atoms with E-state index in [0.717, 1.165) is 28.0 Å². The monoisotopic (exact) mass is 456 g/mol. The van der Waals surface area contributed by atoms with Gasteiger partial charge in [0.25, 0.3) is 0 Å². The molecule has 1 aliphatic rings. The zero-order valence-electron chi connectivity index (χ0n) is 20.0. The van der Waals surface area contributed by atoms with Gasteiger partial charge in [-0.25, -0.2) is 9.67 Å². The van der Waals surface area contributed by atoms with Gasteiger partial charge in [0.15, 0.2) is 5.82 Å². The standard InChI is InChI=1S/C29H25BN4O/c1-20-7-11-23(12-8-20)34-26-13-9-21(2)18-24(26)30(25-19-22(3)10-14-27(25)34)35-28-6-4-15-31-29(28)33-17-5-16-32-33/h4-19H,1-3H3. The Hall–Kier alpha value is -4.32. The molecular formula is C29H25BN4O. The first-order valence-corrected chi connectivity index (χ1v) is 11.8. The highest BCUT2D eigenvalue weighted by molar-refractivity contribution is 6.84. The molecule has 0 N–H and O–H groups in total. The summed E-state index contributed by atoms with van der Waals surface area (Å²) in [5.41, 5.74) is 9.23. The van der Waals surface area contributed by atoms with Crippen LogP contribution in [0.5, 0.6) is 5.75 Å². The van der Waals surface area contributed by atoms with Crippen LogP contribution in [-0.2, 0) is 0 Å². The number of anilines is 3. The Kier molecular flexibility index (Phi) is 5.14. The Morgan fingerprint density at radius 3 is 2.00 bits per heavy atom. The van der Waals surface area contributed by atoms with Gasteiger partial charge in [-0.05, 0) is 74.2 Å². The largest absolute Gasteiger partial charge is 0.549 e. The lowest BCUT2D eigenvalue weighted by Gasteiger charge is -2.36. The van der Waals surface area contributed by atoms with Gasteiger partial charge < -0.3 is 9.55 Å². The fraction of sp³-hybridized carbons (Fsp3) is 0.103. The van der Waals surface area contributed by atoms with Crippen molar-refractivity contribution in [3.8, 4) is 11.6 Å². The fourth-order valence-electron chi connectivity index (χ4n) is 4.74. The smallest absolute Gasteiger partial charge is 0.430 e. The predicted octanol–water partition coefficient (Wildman–Crippen LogP) is 5.16. The van der Waals surface area contributed by atoms with Crippen LogP contribution in [0.15, 0.2) is 97.5 Å². The Morgan fingerprint density at radius 1 is 0.714 bits per heavy atom. The second kappa shape index (κ2) is 8.47. The van der Waals surface area contributed by atoms with Crippen molar-refractivity contribution in [1.82, 2.24) is 14.8 Å². The quantitative estimate of drug-likeness (QED) is 0.351. The summed E-state index contributed by atoms with van der Waals surface area (Å²) in [4.78, 5) is 6.90.